The fourth-order valence-corrected chi connectivity index (χ4v) is 5.14. The molecule has 1 amide bonds. The van der Waals surface area contributed by atoms with Crippen LogP contribution in [0.4, 0.5) is 0 Å². The molecule has 1 saturated heterocycles. The Labute approximate surface area is 179 Å². The van der Waals surface area contributed by atoms with Crippen LogP contribution in [0.25, 0.3) is 22.4 Å². The maximum atomic E-state index is 13.3. The maximum absolute atomic E-state index is 13.3. The zero-order valence-corrected chi connectivity index (χ0v) is 17.9. The normalized spacial score (nSPS) is 22.5. The van der Waals surface area contributed by atoms with Crippen molar-refractivity contribution in [3.05, 3.63) is 29.6 Å². The highest BCUT2D eigenvalue weighted by atomic mass is 16.5. The van der Waals surface area contributed by atoms with E-state index in [-0.39, 0.29) is 24.0 Å². The summed E-state index contributed by atoms with van der Waals surface area (Å²) in [5.41, 5.74) is 9.71. The number of benzene rings is 1. The van der Waals surface area contributed by atoms with Crippen molar-refractivity contribution in [2.45, 2.75) is 38.3 Å². The number of aromatic hydroxyl groups is 1. The molecule has 2 bridgehead atoms. The number of methoxy groups -OCH3 is 1. The van der Waals surface area contributed by atoms with E-state index < -0.39 is 0 Å². The highest BCUT2D eigenvalue weighted by molar-refractivity contribution is 6.00. The van der Waals surface area contributed by atoms with Gasteiger partial charge in [-0.05, 0) is 37.3 Å². The van der Waals surface area contributed by atoms with E-state index in [2.05, 4.69) is 9.97 Å². The topological polar surface area (TPSA) is 119 Å². The molecule has 5 rings (SSSR count). The van der Waals surface area contributed by atoms with Crippen LogP contribution in [0.3, 0.4) is 0 Å². The Balaban J connectivity index is 1.60. The molecule has 9 heteroatoms. The highest BCUT2D eigenvalue weighted by Crippen LogP contribution is 2.39. The molecule has 2 fully saturated rings. The third-order valence-electron chi connectivity index (χ3n) is 6.75. The first kappa shape index (κ1) is 19.7. The van der Waals surface area contributed by atoms with Crippen molar-refractivity contribution in [3.8, 4) is 23.1 Å². The van der Waals surface area contributed by atoms with Gasteiger partial charge in [0.05, 0.1) is 23.9 Å². The van der Waals surface area contributed by atoms with E-state index in [9.17, 15) is 9.90 Å². The molecule has 1 saturated carbocycles. The summed E-state index contributed by atoms with van der Waals surface area (Å²) in [4.78, 5) is 28.1. The quantitative estimate of drug-likeness (QED) is 0.659. The van der Waals surface area contributed by atoms with Gasteiger partial charge in [0.2, 0.25) is 0 Å². The minimum absolute atomic E-state index is 0.0303. The number of amides is 1. The maximum Gasteiger partial charge on any atom is 0.314 e. The molecule has 2 aliphatic rings. The van der Waals surface area contributed by atoms with E-state index in [0.29, 0.717) is 47.2 Å². The Morgan fingerprint density at radius 2 is 2.13 bits per heavy atom. The predicted molar refractivity (Wildman–Crippen MR) is 115 cm³/mol. The molecule has 0 radical (unpaired) electrons. The van der Waals surface area contributed by atoms with Crippen LogP contribution < -0.4 is 10.5 Å². The fourth-order valence-electron chi connectivity index (χ4n) is 5.14. The van der Waals surface area contributed by atoms with Crippen LogP contribution in [0.15, 0.2) is 18.3 Å². The average molecular weight is 422 g/mol. The molecule has 3 N–H and O–H groups in total. The second kappa shape index (κ2) is 7.19. The summed E-state index contributed by atoms with van der Waals surface area (Å²) in [5.74, 6) is 1.59. The van der Waals surface area contributed by atoms with Crippen LogP contribution in [-0.2, 0) is 13.5 Å². The lowest BCUT2D eigenvalue weighted by molar-refractivity contribution is 0.0700. The molecule has 1 aliphatic heterocycles. The summed E-state index contributed by atoms with van der Waals surface area (Å²) >= 11 is 0. The number of likely N-dealkylation sites (tertiary alicyclic amines) is 1. The number of imidazole rings is 1. The molecule has 9 nitrogen and oxygen atoms in total. The van der Waals surface area contributed by atoms with Crippen LogP contribution in [0.2, 0.25) is 0 Å². The number of carbonyl (C=O) groups is 1. The molecule has 1 aromatic carbocycles. The smallest absolute Gasteiger partial charge is 0.314 e. The molecule has 162 valence electrons. The van der Waals surface area contributed by atoms with Crippen molar-refractivity contribution < 1.29 is 14.6 Å². The number of aryl methyl sites for hydroxylation is 2. The van der Waals surface area contributed by atoms with E-state index in [1.54, 1.807) is 19.4 Å². The minimum atomic E-state index is -0.261. The fraction of sp³-hybridized carbons (Fsp3) is 0.455. The van der Waals surface area contributed by atoms with Gasteiger partial charge in [-0.15, -0.1) is 0 Å². The SMILES string of the molecule is CCc1nc(O)ncc1-c1nc2cc(C(=O)N3C[C@H]4CC[C@@H]3[C@@H]4N)cc(OC)c2n1C. The number of nitrogens with two attached hydrogens (primary N) is 1. The number of ether oxygens (including phenoxy) is 1. The Morgan fingerprint density at radius 1 is 1.32 bits per heavy atom. The number of hydrogen-bond donors (Lipinski definition) is 2. The zero-order chi connectivity index (χ0) is 21.9. The number of piperidine rings is 1. The Hall–Kier alpha value is -3.20. The number of hydrogen-bond acceptors (Lipinski definition) is 7. The first-order valence-corrected chi connectivity index (χ1v) is 10.6. The molecule has 0 unspecified atom stereocenters. The van der Waals surface area contributed by atoms with Crippen LogP contribution in [0, 0.1) is 5.92 Å². The van der Waals surface area contributed by atoms with Crippen molar-refractivity contribution in [1.82, 2.24) is 24.4 Å². The second-order valence-electron chi connectivity index (χ2n) is 8.36. The summed E-state index contributed by atoms with van der Waals surface area (Å²) in [6.45, 7) is 2.67. The van der Waals surface area contributed by atoms with Gasteiger partial charge in [-0.2, -0.15) is 4.98 Å². The van der Waals surface area contributed by atoms with Gasteiger partial charge in [0.15, 0.2) is 0 Å². The first-order chi connectivity index (χ1) is 14.9. The van der Waals surface area contributed by atoms with Crippen LogP contribution in [0.5, 0.6) is 11.8 Å². The number of fused-ring (bicyclic) bond motifs is 3. The van der Waals surface area contributed by atoms with Gasteiger partial charge in [-0.1, -0.05) is 6.92 Å². The summed E-state index contributed by atoms with van der Waals surface area (Å²) < 4.78 is 7.55. The molecular weight excluding hydrogens is 396 g/mol. The zero-order valence-electron chi connectivity index (χ0n) is 17.9. The molecule has 1 aliphatic carbocycles. The number of rotatable bonds is 4. The number of nitrogens with zero attached hydrogens (tertiary/aromatic N) is 5. The standard InChI is InChI=1S/C22H26N6O3/c1-4-14-13(9-24-22(30)26-14)20-25-15-7-12(8-17(31-3)19(15)27(20)2)21(29)28-10-11-5-6-16(28)18(11)23/h7-9,11,16,18H,4-6,10,23H2,1-3H3,(H,24,26,30)/t11-,16-,18-/m1/s1. The lowest BCUT2D eigenvalue weighted by atomic mass is 10.1. The van der Waals surface area contributed by atoms with Crippen molar-refractivity contribution in [2.24, 2.45) is 18.7 Å². The van der Waals surface area contributed by atoms with E-state index >= 15 is 0 Å². The van der Waals surface area contributed by atoms with E-state index in [0.717, 1.165) is 23.9 Å². The first-order valence-electron chi connectivity index (χ1n) is 10.6. The van der Waals surface area contributed by atoms with Crippen LogP contribution >= 0.6 is 0 Å². The van der Waals surface area contributed by atoms with Gasteiger partial charge in [-0.25, -0.2) is 9.97 Å². The van der Waals surface area contributed by atoms with Crippen molar-refractivity contribution in [1.29, 1.82) is 0 Å². The minimum Gasteiger partial charge on any atom is -0.494 e. The molecule has 3 atom stereocenters. The summed E-state index contributed by atoms with van der Waals surface area (Å²) in [7, 11) is 3.48. The summed E-state index contributed by atoms with van der Waals surface area (Å²) in [6.07, 6.45) is 4.25. The van der Waals surface area contributed by atoms with Gasteiger partial charge < -0.3 is 25.0 Å². The molecule has 2 aromatic heterocycles. The monoisotopic (exact) mass is 422 g/mol. The highest BCUT2D eigenvalue weighted by Gasteiger charge is 2.47. The van der Waals surface area contributed by atoms with E-state index in [1.165, 1.54) is 0 Å². The average Bonchev–Trinajstić information content (AvgIpc) is 3.42. The largest absolute Gasteiger partial charge is 0.494 e. The van der Waals surface area contributed by atoms with Gasteiger partial charge in [0, 0.05) is 37.4 Å². The molecular formula is C22H26N6O3. The molecule has 31 heavy (non-hydrogen) atoms. The molecule has 3 heterocycles. The Kier molecular flexibility index (Phi) is 4.58. The second-order valence-corrected chi connectivity index (χ2v) is 8.36. The lowest BCUT2D eigenvalue weighted by Crippen LogP contribution is -2.41. The summed E-state index contributed by atoms with van der Waals surface area (Å²) in [6, 6.07) is 3.51. The van der Waals surface area contributed by atoms with E-state index in [1.807, 2.05) is 29.5 Å². The Morgan fingerprint density at radius 3 is 2.77 bits per heavy atom. The summed E-state index contributed by atoms with van der Waals surface area (Å²) in [5, 5.41) is 9.65. The van der Waals surface area contributed by atoms with Crippen molar-refractivity contribution >= 4 is 16.9 Å². The number of carbonyl (C=O) groups excluding carboxylic acids is 1. The molecule has 0 spiro atoms. The third-order valence-corrected chi connectivity index (χ3v) is 6.75. The third kappa shape index (κ3) is 2.95. The van der Waals surface area contributed by atoms with Gasteiger partial charge in [-0.3, -0.25) is 4.79 Å². The van der Waals surface area contributed by atoms with Gasteiger partial charge >= 0.3 is 6.01 Å². The van der Waals surface area contributed by atoms with Crippen LogP contribution in [0.1, 0.15) is 35.8 Å². The van der Waals surface area contributed by atoms with Crippen molar-refractivity contribution in [2.75, 3.05) is 13.7 Å². The van der Waals surface area contributed by atoms with Gasteiger partial charge in [0.1, 0.15) is 17.1 Å². The van der Waals surface area contributed by atoms with E-state index in [4.69, 9.17) is 15.5 Å². The molecule has 3 aromatic rings. The van der Waals surface area contributed by atoms with Gasteiger partial charge in [0.25, 0.3) is 5.91 Å². The van der Waals surface area contributed by atoms with Crippen molar-refractivity contribution in [3.63, 3.8) is 0 Å². The Bertz CT molecular complexity index is 1190. The lowest BCUT2D eigenvalue weighted by Gasteiger charge is -2.27. The number of aromatic nitrogens is 4. The predicted octanol–water partition coefficient (Wildman–Crippen LogP) is 1.87. The van der Waals surface area contributed by atoms with Crippen LogP contribution in [-0.4, -0.2) is 61.2 Å².